The van der Waals surface area contributed by atoms with Crippen LogP contribution in [0.4, 0.5) is 5.69 Å². The molecule has 0 spiro atoms. The molecule has 0 bridgehead atoms. The summed E-state index contributed by atoms with van der Waals surface area (Å²) >= 11 is 6.15. The third-order valence-corrected chi connectivity index (χ3v) is 3.87. The van der Waals surface area contributed by atoms with E-state index in [0.29, 0.717) is 5.41 Å². The number of rotatable bonds is 4. The fourth-order valence-electron chi connectivity index (χ4n) is 2.56. The lowest BCUT2D eigenvalue weighted by Crippen LogP contribution is -2.25. The topological polar surface area (TPSA) is 15.3 Å². The van der Waals surface area contributed by atoms with E-state index in [-0.39, 0.29) is 0 Å². The normalized spacial score (nSPS) is 18.3. The van der Waals surface area contributed by atoms with E-state index >= 15 is 0 Å². The number of nitrogens with zero attached hydrogens (tertiary/aromatic N) is 1. The summed E-state index contributed by atoms with van der Waals surface area (Å²) in [7, 11) is 0. The van der Waals surface area contributed by atoms with Gasteiger partial charge < -0.3 is 10.2 Å². The first-order valence-corrected chi connectivity index (χ1v) is 7.14. The van der Waals surface area contributed by atoms with Gasteiger partial charge in [-0.15, -0.1) is 0 Å². The second-order valence-electron chi connectivity index (χ2n) is 5.89. The monoisotopic (exact) mass is 266 g/mol. The zero-order valence-corrected chi connectivity index (χ0v) is 12.3. The summed E-state index contributed by atoms with van der Waals surface area (Å²) in [5.41, 5.74) is 3.06. The van der Waals surface area contributed by atoms with E-state index < -0.39 is 0 Å². The molecule has 1 aliphatic heterocycles. The van der Waals surface area contributed by atoms with Crippen LogP contribution < -0.4 is 10.2 Å². The molecule has 0 aromatic heterocycles. The second kappa shape index (κ2) is 5.50. The summed E-state index contributed by atoms with van der Waals surface area (Å²) in [6.45, 7) is 11.0. The highest BCUT2D eigenvalue weighted by molar-refractivity contribution is 6.30. The Balaban J connectivity index is 2.22. The Morgan fingerprint density at radius 2 is 2.17 bits per heavy atom. The zero-order valence-electron chi connectivity index (χ0n) is 11.6. The molecule has 18 heavy (non-hydrogen) atoms. The molecular formula is C15H23ClN2. The molecule has 1 heterocycles. The SMILES string of the molecule is CCNCc1ccc(Cl)cc1N1CCC(C)(C)C1. The van der Waals surface area contributed by atoms with Gasteiger partial charge in [0.2, 0.25) is 0 Å². The predicted octanol–water partition coefficient (Wildman–Crippen LogP) is 3.69. The van der Waals surface area contributed by atoms with Crippen LogP contribution >= 0.6 is 11.6 Å². The van der Waals surface area contributed by atoms with Crippen molar-refractivity contribution in [3.05, 3.63) is 28.8 Å². The van der Waals surface area contributed by atoms with Gasteiger partial charge in [-0.1, -0.05) is 38.4 Å². The van der Waals surface area contributed by atoms with Crippen LogP contribution in [-0.2, 0) is 6.54 Å². The van der Waals surface area contributed by atoms with Crippen LogP contribution in [0.3, 0.4) is 0 Å². The van der Waals surface area contributed by atoms with Crippen molar-refractivity contribution in [1.29, 1.82) is 0 Å². The van der Waals surface area contributed by atoms with Crippen molar-refractivity contribution in [3.8, 4) is 0 Å². The Morgan fingerprint density at radius 3 is 2.78 bits per heavy atom. The van der Waals surface area contributed by atoms with Gasteiger partial charge in [-0.2, -0.15) is 0 Å². The minimum absolute atomic E-state index is 0.414. The summed E-state index contributed by atoms with van der Waals surface area (Å²) in [6, 6.07) is 6.24. The van der Waals surface area contributed by atoms with Crippen LogP contribution in [0.15, 0.2) is 18.2 Å². The molecule has 1 saturated heterocycles. The van der Waals surface area contributed by atoms with Gasteiger partial charge in [0.15, 0.2) is 0 Å². The lowest BCUT2D eigenvalue weighted by molar-refractivity contribution is 0.418. The molecule has 2 nitrogen and oxygen atoms in total. The van der Waals surface area contributed by atoms with Gasteiger partial charge >= 0.3 is 0 Å². The molecule has 1 N–H and O–H groups in total. The van der Waals surface area contributed by atoms with E-state index in [4.69, 9.17) is 11.6 Å². The first-order valence-electron chi connectivity index (χ1n) is 6.76. The smallest absolute Gasteiger partial charge is 0.0426 e. The molecule has 1 aromatic carbocycles. The van der Waals surface area contributed by atoms with Crippen LogP contribution in [-0.4, -0.2) is 19.6 Å². The molecule has 0 amide bonds. The standard InChI is InChI=1S/C15H23ClN2/c1-4-17-10-12-5-6-13(16)9-14(12)18-8-7-15(2,3)11-18/h5-6,9,17H,4,7-8,10-11H2,1-3H3. The Hall–Kier alpha value is -0.730. The van der Waals surface area contributed by atoms with Crippen molar-refractivity contribution in [2.75, 3.05) is 24.5 Å². The molecule has 0 saturated carbocycles. The molecule has 3 heteroatoms. The molecule has 0 unspecified atom stereocenters. The fraction of sp³-hybridized carbons (Fsp3) is 0.600. The van der Waals surface area contributed by atoms with Crippen molar-refractivity contribution in [2.24, 2.45) is 5.41 Å². The summed E-state index contributed by atoms with van der Waals surface area (Å²) in [5.74, 6) is 0. The summed E-state index contributed by atoms with van der Waals surface area (Å²) in [4.78, 5) is 2.47. The van der Waals surface area contributed by atoms with E-state index in [9.17, 15) is 0 Å². The molecule has 100 valence electrons. The Labute approximate surface area is 115 Å². The highest BCUT2D eigenvalue weighted by atomic mass is 35.5. The van der Waals surface area contributed by atoms with E-state index in [1.807, 2.05) is 6.07 Å². The van der Waals surface area contributed by atoms with Gasteiger partial charge in [0.25, 0.3) is 0 Å². The molecule has 1 aliphatic rings. The van der Waals surface area contributed by atoms with Crippen LogP contribution in [0.1, 0.15) is 32.8 Å². The fourth-order valence-corrected chi connectivity index (χ4v) is 2.72. The minimum Gasteiger partial charge on any atom is -0.371 e. The van der Waals surface area contributed by atoms with Gasteiger partial charge in [-0.3, -0.25) is 0 Å². The maximum absolute atomic E-state index is 6.15. The van der Waals surface area contributed by atoms with Crippen molar-refractivity contribution in [3.63, 3.8) is 0 Å². The first-order chi connectivity index (χ1) is 8.52. The Bertz CT molecular complexity index is 415. The van der Waals surface area contributed by atoms with Crippen molar-refractivity contribution in [1.82, 2.24) is 5.32 Å². The summed E-state index contributed by atoms with van der Waals surface area (Å²) < 4.78 is 0. The van der Waals surface area contributed by atoms with Gasteiger partial charge in [0.05, 0.1) is 0 Å². The molecule has 0 atom stereocenters. The van der Waals surface area contributed by atoms with Crippen LogP contribution in [0.25, 0.3) is 0 Å². The third kappa shape index (κ3) is 3.18. The molecule has 1 aromatic rings. The number of nitrogens with one attached hydrogen (secondary N) is 1. The Kier molecular flexibility index (Phi) is 4.18. The minimum atomic E-state index is 0.414. The number of hydrogen-bond donors (Lipinski definition) is 1. The van der Waals surface area contributed by atoms with Gasteiger partial charge in [0.1, 0.15) is 0 Å². The van der Waals surface area contributed by atoms with Gasteiger partial charge in [-0.05, 0) is 36.1 Å². The number of benzene rings is 1. The summed E-state index contributed by atoms with van der Waals surface area (Å²) in [6.07, 6.45) is 1.25. The predicted molar refractivity (Wildman–Crippen MR) is 79.4 cm³/mol. The number of anilines is 1. The van der Waals surface area contributed by atoms with Crippen molar-refractivity contribution >= 4 is 17.3 Å². The second-order valence-corrected chi connectivity index (χ2v) is 6.33. The van der Waals surface area contributed by atoms with E-state index in [1.165, 1.54) is 17.7 Å². The quantitative estimate of drug-likeness (QED) is 0.894. The van der Waals surface area contributed by atoms with Crippen LogP contribution in [0, 0.1) is 5.41 Å². The number of halogens is 1. The third-order valence-electron chi connectivity index (χ3n) is 3.63. The largest absolute Gasteiger partial charge is 0.371 e. The Morgan fingerprint density at radius 1 is 1.39 bits per heavy atom. The maximum atomic E-state index is 6.15. The van der Waals surface area contributed by atoms with Crippen LogP contribution in [0.2, 0.25) is 5.02 Å². The molecule has 0 aliphatic carbocycles. The van der Waals surface area contributed by atoms with E-state index in [2.05, 4.69) is 43.1 Å². The summed E-state index contributed by atoms with van der Waals surface area (Å²) in [5, 5.41) is 4.23. The highest BCUT2D eigenvalue weighted by Crippen LogP contribution is 2.35. The zero-order chi connectivity index (χ0) is 13.2. The van der Waals surface area contributed by atoms with E-state index in [0.717, 1.165) is 31.2 Å². The lowest BCUT2D eigenvalue weighted by atomic mass is 9.93. The molecule has 1 fully saturated rings. The first kappa shape index (κ1) is 13.7. The van der Waals surface area contributed by atoms with Gasteiger partial charge in [-0.25, -0.2) is 0 Å². The molecule has 2 rings (SSSR count). The number of hydrogen-bond acceptors (Lipinski definition) is 2. The molecular weight excluding hydrogens is 244 g/mol. The van der Waals surface area contributed by atoms with Crippen molar-refractivity contribution in [2.45, 2.75) is 33.7 Å². The van der Waals surface area contributed by atoms with Crippen LogP contribution in [0.5, 0.6) is 0 Å². The highest BCUT2D eigenvalue weighted by Gasteiger charge is 2.30. The lowest BCUT2D eigenvalue weighted by Gasteiger charge is -2.24. The average molecular weight is 267 g/mol. The van der Waals surface area contributed by atoms with Gasteiger partial charge in [0, 0.05) is 30.3 Å². The van der Waals surface area contributed by atoms with Crippen molar-refractivity contribution < 1.29 is 0 Å². The van der Waals surface area contributed by atoms with E-state index in [1.54, 1.807) is 0 Å². The maximum Gasteiger partial charge on any atom is 0.0426 e. The average Bonchev–Trinajstić information content (AvgIpc) is 2.68. The molecule has 0 radical (unpaired) electrons.